The molecular weight excluding hydrogens is 357 g/mol. The van der Waals surface area contributed by atoms with Gasteiger partial charge >= 0.3 is 29.9 Å². The monoisotopic (exact) mass is 367 g/mol. The Morgan fingerprint density at radius 2 is 1.33 bits per heavy atom. The summed E-state index contributed by atoms with van der Waals surface area (Å²) in [6.07, 6.45) is -6.97. The van der Waals surface area contributed by atoms with E-state index in [-0.39, 0.29) is 0 Å². The average molecular weight is 367 g/mol. The van der Waals surface area contributed by atoms with Crippen LogP contribution in [0.2, 0.25) is 0 Å². The highest BCUT2D eigenvalue weighted by atomic mass is 19.4. The third-order valence-corrected chi connectivity index (χ3v) is 3.19. The van der Waals surface area contributed by atoms with Crippen molar-refractivity contribution >= 4 is 11.6 Å². The van der Waals surface area contributed by atoms with Gasteiger partial charge in [0, 0.05) is 5.69 Å². The van der Waals surface area contributed by atoms with Gasteiger partial charge in [0.05, 0.1) is 0 Å². The van der Waals surface area contributed by atoms with Gasteiger partial charge in [0.25, 0.3) is 0 Å². The maximum Gasteiger partial charge on any atom is 0.460 e. The van der Waals surface area contributed by atoms with Crippen LogP contribution in [-0.2, 0) is 4.79 Å². The minimum absolute atomic E-state index is 0.434. The summed E-state index contributed by atoms with van der Waals surface area (Å²) in [5, 5.41) is 1.21. The van der Waals surface area contributed by atoms with Gasteiger partial charge in [-0.25, -0.2) is 0 Å². The first-order chi connectivity index (χ1) is 10.6. The molecule has 0 atom stereocenters. The van der Waals surface area contributed by atoms with Crippen molar-refractivity contribution in [3.05, 3.63) is 29.3 Å². The van der Waals surface area contributed by atoms with Crippen LogP contribution >= 0.6 is 0 Å². The molecule has 0 radical (unpaired) electrons. The Balaban J connectivity index is 3.17. The lowest BCUT2D eigenvalue weighted by molar-refractivity contribution is -0.388. The van der Waals surface area contributed by atoms with Crippen LogP contribution in [0.25, 0.3) is 0 Å². The van der Waals surface area contributed by atoms with Gasteiger partial charge in [-0.2, -0.15) is 39.5 Å². The van der Waals surface area contributed by atoms with Crippen LogP contribution in [0.1, 0.15) is 11.1 Å². The van der Waals surface area contributed by atoms with E-state index in [1.54, 1.807) is 6.92 Å². The molecule has 11 heteroatoms. The van der Waals surface area contributed by atoms with Gasteiger partial charge in [-0.15, -0.1) is 0 Å². The molecule has 0 spiro atoms. The smallest absolute Gasteiger partial charge is 0.321 e. The number of aryl methyl sites for hydroxylation is 2. The van der Waals surface area contributed by atoms with Gasteiger partial charge in [0.15, 0.2) is 0 Å². The summed E-state index contributed by atoms with van der Waals surface area (Å²) in [5.41, 5.74) is 0.603. The molecule has 1 rings (SSSR count). The van der Waals surface area contributed by atoms with E-state index in [2.05, 4.69) is 0 Å². The summed E-state index contributed by atoms with van der Waals surface area (Å²) in [7, 11) is 0. The van der Waals surface area contributed by atoms with Crippen molar-refractivity contribution in [3.8, 4) is 0 Å². The molecule has 0 bridgehead atoms. The molecule has 1 aromatic carbocycles. The summed E-state index contributed by atoms with van der Waals surface area (Å²) in [5.74, 6) is -23.4. The number of anilines is 1. The van der Waals surface area contributed by atoms with Crippen molar-refractivity contribution in [2.75, 3.05) is 5.32 Å². The number of benzene rings is 1. The van der Waals surface area contributed by atoms with E-state index in [1.165, 1.54) is 18.3 Å². The molecule has 0 unspecified atom stereocenters. The van der Waals surface area contributed by atoms with Crippen molar-refractivity contribution in [2.45, 2.75) is 37.8 Å². The molecule has 0 saturated carbocycles. The predicted molar refractivity (Wildman–Crippen MR) is 65.4 cm³/mol. The number of nitrogens with one attached hydrogen (secondary N) is 1. The molecule has 0 aliphatic rings. The number of halogens is 9. The van der Waals surface area contributed by atoms with Crippen molar-refractivity contribution in [1.29, 1.82) is 0 Å². The van der Waals surface area contributed by atoms with E-state index in [9.17, 15) is 44.3 Å². The molecule has 0 aliphatic heterocycles. The van der Waals surface area contributed by atoms with Crippen molar-refractivity contribution in [3.63, 3.8) is 0 Å². The second-order valence-corrected chi connectivity index (χ2v) is 4.97. The molecule has 2 nitrogen and oxygen atoms in total. The zero-order valence-electron chi connectivity index (χ0n) is 12.0. The zero-order valence-corrected chi connectivity index (χ0v) is 12.0. The van der Waals surface area contributed by atoms with Gasteiger partial charge in [-0.1, -0.05) is 6.07 Å². The first kappa shape index (κ1) is 20.1. The van der Waals surface area contributed by atoms with E-state index >= 15 is 0 Å². The number of carbonyl (C=O) groups excluding carboxylic acids is 1. The first-order valence-corrected chi connectivity index (χ1v) is 6.14. The Bertz CT molecular complexity index is 637. The third-order valence-electron chi connectivity index (χ3n) is 3.19. The molecule has 1 amide bonds. The molecule has 136 valence electrons. The van der Waals surface area contributed by atoms with Crippen molar-refractivity contribution < 1.29 is 44.3 Å². The van der Waals surface area contributed by atoms with Gasteiger partial charge in [-0.3, -0.25) is 4.79 Å². The van der Waals surface area contributed by atoms with E-state index in [0.29, 0.717) is 11.1 Å². The Morgan fingerprint density at radius 3 is 1.75 bits per heavy atom. The number of hydrogen-bond donors (Lipinski definition) is 1. The van der Waals surface area contributed by atoms with Gasteiger partial charge < -0.3 is 5.32 Å². The number of hydrogen-bond acceptors (Lipinski definition) is 1. The van der Waals surface area contributed by atoms with Crippen LogP contribution < -0.4 is 5.32 Å². The van der Waals surface area contributed by atoms with E-state index in [4.69, 9.17) is 0 Å². The highest BCUT2D eigenvalue weighted by molar-refractivity contribution is 5.97. The summed E-state index contributed by atoms with van der Waals surface area (Å²) in [6, 6.07) is 3.35. The van der Waals surface area contributed by atoms with Gasteiger partial charge in [-0.05, 0) is 37.1 Å². The Morgan fingerprint density at radius 1 is 0.833 bits per heavy atom. The molecule has 0 fully saturated rings. The van der Waals surface area contributed by atoms with Crippen molar-refractivity contribution in [1.82, 2.24) is 0 Å². The molecule has 24 heavy (non-hydrogen) atoms. The molecule has 0 saturated heterocycles. The molecular formula is C13H10F9NO. The number of rotatable bonds is 4. The Hall–Kier alpha value is -1.94. The topological polar surface area (TPSA) is 29.1 Å². The van der Waals surface area contributed by atoms with Crippen LogP contribution in [0, 0.1) is 13.8 Å². The van der Waals surface area contributed by atoms with Crippen LogP contribution in [0.3, 0.4) is 0 Å². The van der Waals surface area contributed by atoms with Crippen LogP contribution in [-0.4, -0.2) is 29.9 Å². The van der Waals surface area contributed by atoms with Gasteiger partial charge in [0.1, 0.15) is 0 Å². The fraction of sp³-hybridized carbons (Fsp3) is 0.462. The minimum atomic E-state index is -7.11. The molecule has 1 aromatic rings. The van der Waals surface area contributed by atoms with E-state index < -0.39 is 35.5 Å². The SMILES string of the molecule is Cc1ccc(NC(=O)C(F)(F)C(F)(F)C(F)(F)C(F)(F)F)cc1C. The Kier molecular flexibility index (Phi) is 4.90. The minimum Gasteiger partial charge on any atom is -0.321 e. The summed E-state index contributed by atoms with van der Waals surface area (Å²) in [4.78, 5) is 11.2. The maximum atomic E-state index is 13.3. The molecule has 0 heterocycles. The first-order valence-electron chi connectivity index (χ1n) is 6.14. The third kappa shape index (κ3) is 3.16. The zero-order chi connectivity index (χ0) is 19.1. The highest BCUT2D eigenvalue weighted by Gasteiger charge is 2.83. The lowest BCUT2D eigenvalue weighted by Crippen LogP contribution is -2.64. The summed E-state index contributed by atoms with van der Waals surface area (Å²) in [6.45, 7) is 3.06. The normalized spacial score (nSPS) is 13.8. The maximum absolute atomic E-state index is 13.3. The fourth-order valence-corrected chi connectivity index (χ4v) is 1.55. The standard InChI is InChI=1S/C13H10F9NO/c1-6-3-4-8(5-7(6)2)23-9(24)10(14,15)11(16,17)12(18,19)13(20,21)22/h3-5H,1-2H3,(H,23,24). The van der Waals surface area contributed by atoms with Crippen LogP contribution in [0.5, 0.6) is 0 Å². The highest BCUT2D eigenvalue weighted by Crippen LogP contribution is 2.53. The van der Waals surface area contributed by atoms with Crippen molar-refractivity contribution in [2.24, 2.45) is 0 Å². The predicted octanol–water partition coefficient (Wildman–Crippen LogP) is 4.71. The quantitative estimate of drug-likeness (QED) is 0.768. The van der Waals surface area contributed by atoms with E-state index in [1.807, 2.05) is 0 Å². The summed E-state index contributed by atoms with van der Waals surface area (Å²) >= 11 is 0. The number of amides is 1. The Labute approximate surface area is 129 Å². The lowest BCUT2D eigenvalue weighted by atomic mass is 10.0. The van der Waals surface area contributed by atoms with Crippen LogP contribution in [0.4, 0.5) is 45.2 Å². The number of carbonyl (C=O) groups is 1. The lowest BCUT2D eigenvalue weighted by Gasteiger charge is -2.32. The fourth-order valence-electron chi connectivity index (χ4n) is 1.55. The second kappa shape index (κ2) is 5.85. The largest absolute Gasteiger partial charge is 0.460 e. The summed E-state index contributed by atoms with van der Waals surface area (Å²) < 4.78 is 114. The van der Waals surface area contributed by atoms with E-state index in [0.717, 1.165) is 12.1 Å². The second-order valence-electron chi connectivity index (χ2n) is 4.97. The number of alkyl halides is 9. The average Bonchev–Trinajstić information content (AvgIpc) is 2.41. The molecule has 0 aliphatic carbocycles. The molecule has 1 N–H and O–H groups in total. The molecule has 0 aromatic heterocycles. The van der Waals surface area contributed by atoms with Crippen LogP contribution in [0.15, 0.2) is 18.2 Å². The van der Waals surface area contributed by atoms with Gasteiger partial charge in [0.2, 0.25) is 0 Å².